The number of ether oxygens (including phenoxy) is 2. The normalized spacial score (nSPS) is 13.6. The number of hydrogen-bond donors (Lipinski definition) is 0. The fraction of sp³-hybridized carbons (Fsp3) is 0.250. The molecule has 8 nitrogen and oxygen atoms in total. The number of carbonyl (C=O) groups is 1. The predicted octanol–water partition coefficient (Wildman–Crippen LogP) is 3.82. The molecule has 0 radical (unpaired) electrons. The Balaban J connectivity index is 1.58. The number of aryl methyl sites for hydroxylation is 1. The van der Waals surface area contributed by atoms with Crippen molar-refractivity contribution in [3.8, 4) is 11.4 Å². The van der Waals surface area contributed by atoms with Crippen LogP contribution in [0, 0.1) is 6.92 Å². The number of rotatable bonds is 5. The molecular weight excluding hydrogens is 456 g/mol. The number of esters is 1. The van der Waals surface area contributed by atoms with Crippen molar-refractivity contribution < 1.29 is 14.3 Å². The van der Waals surface area contributed by atoms with Crippen LogP contribution in [0.3, 0.4) is 0 Å². The molecule has 0 unspecified atom stereocenters. The third-order valence-corrected chi connectivity index (χ3v) is 6.52. The molecule has 4 aromatic rings. The number of nitrogens with zero attached hydrogens (tertiary/aromatic N) is 4. The van der Waals surface area contributed by atoms with Crippen LogP contribution in [0.15, 0.2) is 71.5 Å². The smallest absolute Gasteiger partial charge is 0.337 e. The van der Waals surface area contributed by atoms with Crippen LogP contribution in [0.1, 0.15) is 15.9 Å². The van der Waals surface area contributed by atoms with Crippen LogP contribution in [-0.4, -0.2) is 55.9 Å². The number of anilines is 2. The Morgan fingerprint density at radius 1 is 0.889 bits per heavy atom. The number of para-hydroxylation sites is 2. The van der Waals surface area contributed by atoms with Crippen molar-refractivity contribution in [1.82, 2.24) is 9.55 Å². The van der Waals surface area contributed by atoms with E-state index in [9.17, 15) is 9.59 Å². The molecule has 0 atom stereocenters. The van der Waals surface area contributed by atoms with Gasteiger partial charge in [0.1, 0.15) is 5.75 Å². The molecule has 0 saturated carbocycles. The quantitative estimate of drug-likeness (QED) is 0.399. The summed E-state index contributed by atoms with van der Waals surface area (Å²) >= 11 is 0. The minimum absolute atomic E-state index is 0.177. The topological polar surface area (TPSA) is 76.9 Å². The second kappa shape index (κ2) is 9.73. The first kappa shape index (κ1) is 23.4. The summed E-state index contributed by atoms with van der Waals surface area (Å²) < 4.78 is 12.1. The number of methoxy groups -OCH3 is 2. The molecule has 1 aromatic heterocycles. The van der Waals surface area contributed by atoms with E-state index in [2.05, 4.69) is 15.9 Å². The molecule has 0 bridgehead atoms. The maximum Gasteiger partial charge on any atom is 0.337 e. The van der Waals surface area contributed by atoms with Gasteiger partial charge in [-0.15, -0.1) is 0 Å². The molecule has 1 fully saturated rings. The van der Waals surface area contributed by atoms with E-state index in [4.69, 9.17) is 14.5 Å². The molecular formula is C28H28N4O4. The lowest BCUT2D eigenvalue weighted by Crippen LogP contribution is -2.48. The van der Waals surface area contributed by atoms with Crippen LogP contribution in [0.4, 0.5) is 11.6 Å². The Morgan fingerprint density at radius 3 is 2.36 bits per heavy atom. The van der Waals surface area contributed by atoms with Crippen molar-refractivity contribution in [2.45, 2.75) is 6.92 Å². The predicted molar refractivity (Wildman–Crippen MR) is 141 cm³/mol. The minimum atomic E-state index is -0.464. The number of hydrogen-bond acceptors (Lipinski definition) is 7. The SMILES string of the molecule is COC(=O)c1ccc2c(=O)n(-c3cccc(C)c3)c(N3CCN(c4ccccc4OC)CC3)nc2c1. The average Bonchev–Trinajstić information content (AvgIpc) is 2.92. The van der Waals surface area contributed by atoms with Crippen LogP contribution in [0.5, 0.6) is 5.75 Å². The van der Waals surface area contributed by atoms with Crippen LogP contribution >= 0.6 is 0 Å². The zero-order valence-electron chi connectivity index (χ0n) is 20.6. The third-order valence-electron chi connectivity index (χ3n) is 6.52. The molecule has 2 heterocycles. The Morgan fingerprint density at radius 2 is 1.64 bits per heavy atom. The lowest BCUT2D eigenvalue weighted by Gasteiger charge is -2.37. The highest BCUT2D eigenvalue weighted by Gasteiger charge is 2.25. The van der Waals surface area contributed by atoms with Crippen LogP contribution in [-0.2, 0) is 4.74 Å². The van der Waals surface area contributed by atoms with E-state index in [0.717, 1.165) is 35.8 Å². The second-order valence-electron chi connectivity index (χ2n) is 8.76. The molecule has 0 aliphatic carbocycles. The molecule has 36 heavy (non-hydrogen) atoms. The largest absolute Gasteiger partial charge is 0.495 e. The van der Waals surface area contributed by atoms with Gasteiger partial charge in [-0.25, -0.2) is 14.3 Å². The van der Waals surface area contributed by atoms with Crippen molar-refractivity contribution in [3.63, 3.8) is 0 Å². The zero-order valence-corrected chi connectivity index (χ0v) is 20.6. The summed E-state index contributed by atoms with van der Waals surface area (Å²) in [5, 5.41) is 0.445. The summed E-state index contributed by atoms with van der Waals surface area (Å²) in [4.78, 5) is 35.2. The Hall–Kier alpha value is -4.33. The molecule has 1 aliphatic rings. The number of aromatic nitrogens is 2. The van der Waals surface area contributed by atoms with Gasteiger partial charge in [-0.3, -0.25) is 4.79 Å². The number of fused-ring (bicyclic) bond motifs is 1. The van der Waals surface area contributed by atoms with Crippen molar-refractivity contribution >= 4 is 28.5 Å². The Bertz CT molecular complexity index is 1490. The van der Waals surface area contributed by atoms with E-state index < -0.39 is 5.97 Å². The number of piperazine rings is 1. The molecule has 184 valence electrons. The molecule has 5 rings (SSSR count). The highest BCUT2D eigenvalue weighted by molar-refractivity contribution is 5.94. The summed E-state index contributed by atoms with van der Waals surface area (Å²) in [7, 11) is 3.01. The first-order chi connectivity index (χ1) is 17.5. The van der Waals surface area contributed by atoms with Gasteiger partial charge in [0.2, 0.25) is 5.95 Å². The van der Waals surface area contributed by atoms with Crippen LogP contribution in [0.25, 0.3) is 16.6 Å². The molecule has 8 heteroatoms. The standard InChI is InChI=1S/C28H28N4O4/c1-19-7-6-8-21(17-19)32-26(33)22-12-11-20(27(34)36-3)18-23(22)29-28(32)31-15-13-30(14-16-31)24-9-4-5-10-25(24)35-2/h4-12,17-18H,13-16H2,1-3H3. The minimum Gasteiger partial charge on any atom is -0.495 e. The highest BCUT2D eigenvalue weighted by Crippen LogP contribution is 2.29. The summed E-state index contributed by atoms with van der Waals surface area (Å²) in [6, 6.07) is 20.7. The second-order valence-corrected chi connectivity index (χ2v) is 8.76. The van der Waals surface area contributed by atoms with Crippen LogP contribution in [0.2, 0.25) is 0 Å². The van der Waals surface area contributed by atoms with E-state index >= 15 is 0 Å². The zero-order chi connectivity index (χ0) is 25.2. The van der Waals surface area contributed by atoms with Gasteiger partial charge >= 0.3 is 5.97 Å². The lowest BCUT2D eigenvalue weighted by molar-refractivity contribution is 0.0601. The first-order valence-electron chi connectivity index (χ1n) is 11.8. The Labute approximate surface area is 209 Å². The van der Waals surface area contributed by atoms with Crippen molar-refractivity contribution in [1.29, 1.82) is 0 Å². The summed E-state index contributed by atoms with van der Waals surface area (Å²) in [6.45, 7) is 4.81. The van der Waals surface area contributed by atoms with Gasteiger partial charge in [0.25, 0.3) is 5.56 Å². The molecule has 1 saturated heterocycles. The van der Waals surface area contributed by atoms with Gasteiger partial charge in [-0.1, -0.05) is 24.3 Å². The maximum absolute atomic E-state index is 13.8. The molecule has 0 amide bonds. The number of benzene rings is 3. The van der Waals surface area contributed by atoms with E-state index in [0.29, 0.717) is 35.5 Å². The average molecular weight is 485 g/mol. The van der Waals surface area contributed by atoms with Gasteiger partial charge in [-0.2, -0.15) is 0 Å². The van der Waals surface area contributed by atoms with Gasteiger partial charge in [0, 0.05) is 26.2 Å². The van der Waals surface area contributed by atoms with E-state index in [-0.39, 0.29) is 5.56 Å². The summed E-state index contributed by atoms with van der Waals surface area (Å²) in [5.74, 6) is 0.926. The fourth-order valence-corrected chi connectivity index (χ4v) is 4.67. The fourth-order valence-electron chi connectivity index (χ4n) is 4.67. The van der Waals surface area contributed by atoms with Gasteiger partial charge in [-0.05, 0) is 55.0 Å². The summed E-state index contributed by atoms with van der Waals surface area (Å²) in [6.07, 6.45) is 0. The first-order valence-corrected chi connectivity index (χ1v) is 11.8. The van der Waals surface area contributed by atoms with Crippen molar-refractivity contribution in [2.75, 3.05) is 50.2 Å². The monoisotopic (exact) mass is 484 g/mol. The maximum atomic E-state index is 13.8. The third kappa shape index (κ3) is 4.26. The van der Waals surface area contributed by atoms with Crippen molar-refractivity contribution in [3.05, 3.63) is 88.2 Å². The van der Waals surface area contributed by atoms with Crippen LogP contribution < -0.4 is 20.1 Å². The lowest BCUT2D eigenvalue weighted by atomic mass is 10.1. The van der Waals surface area contributed by atoms with Crippen molar-refractivity contribution in [2.24, 2.45) is 0 Å². The van der Waals surface area contributed by atoms with E-state index in [1.165, 1.54) is 7.11 Å². The van der Waals surface area contributed by atoms with E-state index in [1.54, 1.807) is 29.9 Å². The molecule has 0 N–H and O–H groups in total. The van der Waals surface area contributed by atoms with Gasteiger partial charge in [0.05, 0.1) is 42.1 Å². The molecule has 3 aromatic carbocycles. The Kier molecular flexibility index (Phi) is 6.33. The van der Waals surface area contributed by atoms with Gasteiger partial charge in [0.15, 0.2) is 0 Å². The summed E-state index contributed by atoms with van der Waals surface area (Å²) in [5.41, 5.74) is 3.50. The molecule has 0 spiro atoms. The number of carbonyl (C=O) groups excluding carboxylic acids is 1. The highest BCUT2D eigenvalue weighted by atomic mass is 16.5. The van der Waals surface area contributed by atoms with E-state index in [1.807, 2.05) is 49.4 Å². The molecule has 1 aliphatic heterocycles. The van der Waals surface area contributed by atoms with Gasteiger partial charge < -0.3 is 19.3 Å².